The van der Waals surface area contributed by atoms with E-state index in [0.29, 0.717) is 5.56 Å². The van der Waals surface area contributed by atoms with Gasteiger partial charge in [-0.3, -0.25) is 14.4 Å². The summed E-state index contributed by atoms with van der Waals surface area (Å²) in [5, 5.41) is 4.88. The van der Waals surface area contributed by atoms with Gasteiger partial charge in [-0.1, -0.05) is 18.2 Å². The molecule has 0 aromatic heterocycles. The third-order valence-electron chi connectivity index (χ3n) is 4.39. The molecule has 0 aliphatic heterocycles. The maximum Gasteiger partial charge on any atom is 0.408 e. The molecule has 0 radical (unpaired) electrons. The van der Waals surface area contributed by atoms with Crippen molar-refractivity contribution in [1.82, 2.24) is 15.5 Å². The fourth-order valence-corrected chi connectivity index (χ4v) is 2.65. The van der Waals surface area contributed by atoms with Crippen molar-refractivity contribution in [2.75, 3.05) is 27.2 Å². The molecule has 0 aliphatic rings. The molecule has 0 aliphatic carbocycles. The lowest BCUT2D eigenvalue weighted by atomic mass is 9.96. The van der Waals surface area contributed by atoms with E-state index in [9.17, 15) is 19.2 Å². The average Bonchev–Trinajstić information content (AvgIpc) is 2.66. The predicted octanol–water partition coefficient (Wildman–Crippen LogP) is 1.62. The third-order valence-corrected chi connectivity index (χ3v) is 4.39. The highest BCUT2D eigenvalue weighted by Crippen LogP contribution is 2.25. The third kappa shape index (κ3) is 7.38. The maximum absolute atomic E-state index is 12.9. The van der Waals surface area contributed by atoms with Crippen LogP contribution in [0.5, 0.6) is 0 Å². The number of benzene rings is 1. The number of carbonyl (C=O) groups is 4. The predicted molar refractivity (Wildman–Crippen MR) is 111 cm³/mol. The molecular weight excluding hydrogens is 390 g/mol. The summed E-state index contributed by atoms with van der Waals surface area (Å²) in [6.07, 6.45) is -0.734. The van der Waals surface area contributed by atoms with E-state index in [-0.39, 0.29) is 13.1 Å². The molecule has 1 unspecified atom stereocenters. The van der Waals surface area contributed by atoms with Crippen LogP contribution >= 0.6 is 0 Å². The molecule has 0 fully saturated rings. The van der Waals surface area contributed by atoms with Crippen molar-refractivity contribution in [1.29, 1.82) is 0 Å². The Balaban J connectivity index is 3.04. The number of hydrogen-bond acceptors (Lipinski definition) is 6. The summed E-state index contributed by atoms with van der Waals surface area (Å²) < 4.78 is 9.67. The molecule has 0 bridgehead atoms. The first kappa shape index (κ1) is 24.9. The Kier molecular flexibility index (Phi) is 8.82. The molecule has 1 rings (SSSR count). The number of methoxy groups -OCH3 is 1. The molecule has 1 aromatic carbocycles. The number of aryl methyl sites for hydroxylation is 1. The number of ether oxygens (including phenoxy) is 2. The van der Waals surface area contributed by atoms with Gasteiger partial charge in [0.2, 0.25) is 11.8 Å². The van der Waals surface area contributed by atoms with Crippen molar-refractivity contribution in [2.24, 2.45) is 0 Å². The number of alkyl carbamates (subject to hydrolysis) is 1. The van der Waals surface area contributed by atoms with Gasteiger partial charge in [0.1, 0.15) is 24.7 Å². The molecule has 1 atom stereocenters. The summed E-state index contributed by atoms with van der Waals surface area (Å²) in [6, 6.07) is 4.43. The zero-order valence-corrected chi connectivity index (χ0v) is 18.6. The minimum atomic E-state index is -0.998. The van der Waals surface area contributed by atoms with Gasteiger partial charge in [0.15, 0.2) is 0 Å². The van der Waals surface area contributed by atoms with E-state index in [1.807, 2.05) is 19.9 Å². The number of amides is 3. The zero-order valence-electron chi connectivity index (χ0n) is 18.6. The fourth-order valence-electron chi connectivity index (χ4n) is 2.65. The molecule has 0 heterocycles. The fraction of sp³-hybridized carbons (Fsp3) is 0.524. The second-order valence-corrected chi connectivity index (χ2v) is 7.85. The smallest absolute Gasteiger partial charge is 0.408 e. The van der Waals surface area contributed by atoms with Crippen LogP contribution in [0.3, 0.4) is 0 Å². The van der Waals surface area contributed by atoms with Crippen molar-refractivity contribution in [3.8, 4) is 0 Å². The molecular formula is C21H31N3O6. The number of rotatable bonds is 7. The van der Waals surface area contributed by atoms with Crippen molar-refractivity contribution in [3.63, 3.8) is 0 Å². The number of hydrogen-bond donors (Lipinski definition) is 2. The summed E-state index contributed by atoms with van der Waals surface area (Å²) >= 11 is 0. The highest BCUT2D eigenvalue weighted by Gasteiger charge is 2.30. The number of esters is 1. The van der Waals surface area contributed by atoms with E-state index in [4.69, 9.17) is 4.74 Å². The molecule has 9 nitrogen and oxygen atoms in total. The van der Waals surface area contributed by atoms with E-state index in [1.165, 1.54) is 19.1 Å². The van der Waals surface area contributed by atoms with Crippen LogP contribution in [0.15, 0.2) is 18.2 Å². The van der Waals surface area contributed by atoms with Crippen LogP contribution in [0, 0.1) is 13.8 Å². The molecule has 9 heteroatoms. The van der Waals surface area contributed by atoms with Gasteiger partial charge in [0.05, 0.1) is 7.11 Å². The largest absolute Gasteiger partial charge is 0.468 e. The Morgan fingerprint density at radius 3 is 2.27 bits per heavy atom. The Labute approximate surface area is 177 Å². The first-order valence-electron chi connectivity index (χ1n) is 9.50. The second kappa shape index (κ2) is 10.6. The summed E-state index contributed by atoms with van der Waals surface area (Å²) in [5.41, 5.74) is 1.71. The van der Waals surface area contributed by atoms with Crippen molar-refractivity contribution in [3.05, 3.63) is 34.9 Å². The van der Waals surface area contributed by atoms with Gasteiger partial charge in [-0.25, -0.2) is 4.79 Å². The van der Waals surface area contributed by atoms with Crippen LogP contribution in [0.25, 0.3) is 0 Å². The van der Waals surface area contributed by atoms with E-state index in [0.717, 1.165) is 11.1 Å². The van der Waals surface area contributed by atoms with Crippen LogP contribution in [-0.2, 0) is 23.9 Å². The quantitative estimate of drug-likeness (QED) is 0.647. The maximum atomic E-state index is 12.9. The summed E-state index contributed by atoms with van der Waals surface area (Å²) in [4.78, 5) is 50.1. The molecule has 0 saturated heterocycles. The summed E-state index contributed by atoms with van der Waals surface area (Å²) in [6.45, 7) is 8.21. The van der Waals surface area contributed by atoms with Gasteiger partial charge in [-0.2, -0.15) is 0 Å². The lowest BCUT2D eigenvalue weighted by Crippen LogP contribution is -2.47. The minimum absolute atomic E-state index is 0.325. The topological polar surface area (TPSA) is 114 Å². The second-order valence-electron chi connectivity index (χ2n) is 7.85. The Hall–Kier alpha value is -3.10. The number of nitrogens with zero attached hydrogens (tertiary/aromatic N) is 1. The van der Waals surface area contributed by atoms with Crippen molar-refractivity contribution in [2.45, 2.75) is 46.3 Å². The Morgan fingerprint density at radius 1 is 1.07 bits per heavy atom. The first-order chi connectivity index (χ1) is 13.9. The Morgan fingerprint density at radius 2 is 1.70 bits per heavy atom. The SMILES string of the molecule is COC(=O)CNC(=O)C(c1cccc(C)c1C)N(C)C(=O)CNC(=O)OC(C)(C)C. The van der Waals surface area contributed by atoms with Gasteiger partial charge in [-0.05, 0) is 51.3 Å². The molecule has 0 saturated carbocycles. The molecule has 0 spiro atoms. The lowest BCUT2D eigenvalue weighted by Gasteiger charge is -2.29. The van der Waals surface area contributed by atoms with E-state index in [1.54, 1.807) is 32.9 Å². The van der Waals surface area contributed by atoms with Gasteiger partial charge >= 0.3 is 12.1 Å². The number of nitrogens with one attached hydrogen (secondary N) is 2. The standard InChI is InChI=1S/C21H31N3O6/c1-13-9-8-10-15(14(13)2)18(19(27)22-12-17(26)29-7)24(6)16(25)11-23-20(28)30-21(3,4)5/h8-10,18H,11-12H2,1-7H3,(H,22,27)(H,23,28). The van der Waals surface area contributed by atoms with Gasteiger partial charge < -0.3 is 25.0 Å². The molecule has 3 amide bonds. The van der Waals surface area contributed by atoms with Gasteiger partial charge in [0, 0.05) is 7.05 Å². The highest BCUT2D eigenvalue weighted by molar-refractivity contribution is 5.92. The van der Waals surface area contributed by atoms with Crippen LogP contribution < -0.4 is 10.6 Å². The van der Waals surface area contributed by atoms with E-state index >= 15 is 0 Å². The summed E-state index contributed by atoms with van der Waals surface area (Å²) in [7, 11) is 2.68. The van der Waals surface area contributed by atoms with E-state index in [2.05, 4.69) is 15.4 Å². The van der Waals surface area contributed by atoms with Crippen LogP contribution in [0.2, 0.25) is 0 Å². The van der Waals surface area contributed by atoms with E-state index < -0.39 is 35.5 Å². The van der Waals surface area contributed by atoms with Gasteiger partial charge in [0.25, 0.3) is 0 Å². The highest BCUT2D eigenvalue weighted by atomic mass is 16.6. The Bertz CT molecular complexity index is 800. The zero-order chi connectivity index (χ0) is 23.1. The number of likely N-dealkylation sites (N-methyl/N-ethyl adjacent to an activating group) is 1. The monoisotopic (exact) mass is 421 g/mol. The summed E-state index contributed by atoms with van der Waals surface area (Å²) in [5.74, 6) is -1.65. The van der Waals surface area contributed by atoms with Crippen molar-refractivity contribution < 1.29 is 28.7 Å². The van der Waals surface area contributed by atoms with Crippen LogP contribution in [0.4, 0.5) is 4.79 Å². The van der Waals surface area contributed by atoms with Crippen LogP contribution in [0.1, 0.15) is 43.5 Å². The average molecular weight is 421 g/mol. The molecule has 30 heavy (non-hydrogen) atoms. The number of carbonyl (C=O) groups excluding carboxylic acids is 4. The van der Waals surface area contributed by atoms with Gasteiger partial charge in [-0.15, -0.1) is 0 Å². The van der Waals surface area contributed by atoms with Crippen LogP contribution in [-0.4, -0.2) is 61.6 Å². The molecule has 1 aromatic rings. The molecule has 166 valence electrons. The first-order valence-corrected chi connectivity index (χ1v) is 9.50. The normalized spacial score (nSPS) is 11.8. The van der Waals surface area contributed by atoms with Crippen molar-refractivity contribution >= 4 is 23.9 Å². The molecule has 2 N–H and O–H groups in total. The lowest BCUT2D eigenvalue weighted by molar-refractivity contribution is -0.143. The minimum Gasteiger partial charge on any atom is -0.468 e.